The van der Waals surface area contributed by atoms with Gasteiger partial charge < -0.3 is 0 Å². The van der Waals surface area contributed by atoms with E-state index in [2.05, 4.69) is 5.10 Å². The fraction of sp³-hybridized carbons (Fsp3) is 0.385. The Kier molecular flexibility index (Phi) is 3.34. The molecule has 1 saturated heterocycles. The van der Waals surface area contributed by atoms with Crippen LogP contribution in [-0.4, -0.2) is 30.1 Å². The first-order valence-electron chi connectivity index (χ1n) is 5.65. The Bertz CT molecular complexity index is 389. The third-order valence-corrected chi connectivity index (χ3v) is 2.76. The molecule has 1 aromatic carbocycles. The molecule has 0 atom stereocenters. The number of aryl methyl sites for hydroxylation is 1. The van der Waals surface area contributed by atoms with Crippen LogP contribution in [-0.2, 0) is 0 Å². The van der Waals surface area contributed by atoms with Crippen molar-refractivity contribution in [3.8, 4) is 0 Å². The Morgan fingerprint density at radius 2 is 1.88 bits per heavy atom. The van der Waals surface area contributed by atoms with Crippen LogP contribution in [0.4, 0.5) is 0 Å². The number of Topliss-reactive ketones (excluding diaryl/α,β-unsaturated/α-hetero) is 1. The average molecular weight is 216 g/mol. The molecule has 16 heavy (non-hydrogen) atoms. The van der Waals surface area contributed by atoms with E-state index in [0.717, 1.165) is 18.7 Å². The first-order chi connectivity index (χ1) is 7.75. The molecule has 3 heteroatoms. The van der Waals surface area contributed by atoms with Gasteiger partial charge in [0.05, 0.1) is 6.21 Å². The monoisotopic (exact) mass is 216 g/mol. The summed E-state index contributed by atoms with van der Waals surface area (Å²) in [6.45, 7) is 3.95. The van der Waals surface area contributed by atoms with Gasteiger partial charge in [-0.25, -0.2) is 0 Å². The lowest BCUT2D eigenvalue weighted by Gasteiger charge is -2.08. The van der Waals surface area contributed by atoms with E-state index in [1.54, 1.807) is 0 Å². The normalized spacial score (nSPS) is 15.9. The van der Waals surface area contributed by atoms with Gasteiger partial charge in [0.25, 0.3) is 0 Å². The van der Waals surface area contributed by atoms with Gasteiger partial charge in [0, 0.05) is 18.7 Å². The van der Waals surface area contributed by atoms with E-state index in [1.807, 2.05) is 36.2 Å². The Hall–Kier alpha value is -1.64. The van der Waals surface area contributed by atoms with Gasteiger partial charge in [-0.15, -0.1) is 0 Å². The number of carbonyl (C=O) groups is 1. The number of carbonyl (C=O) groups excluding carboxylic acids is 1. The average Bonchev–Trinajstić information content (AvgIpc) is 2.80. The van der Waals surface area contributed by atoms with E-state index in [9.17, 15) is 4.79 Å². The largest absolute Gasteiger partial charge is 0.297 e. The maximum Gasteiger partial charge on any atom is 0.205 e. The van der Waals surface area contributed by atoms with E-state index in [0.29, 0.717) is 5.56 Å². The van der Waals surface area contributed by atoms with Gasteiger partial charge in [-0.05, 0) is 19.8 Å². The van der Waals surface area contributed by atoms with Gasteiger partial charge in [0.2, 0.25) is 5.78 Å². The van der Waals surface area contributed by atoms with Crippen LogP contribution in [0.15, 0.2) is 29.4 Å². The molecule has 0 saturated carbocycles. The SMILES string of the molecule is Cc1ccc(C(=O)/C=N\N2CCCC2)cc1. The molecule has 0 amide bonds. The summed E-state index contributed by atoms with van der Waals surface area (Å²) in [6.07, 6.45) is 3.78. The summed E-state index contributed by atoms with van der Waals surface area (Å²) in [5.41, 5.74) is 1.86. The molecule has 1 aromatic rings. The molecule has 0 N–H and O–H groups in total. The minimum absolute atomic E-state index is 0.0214. The number of rotatable bonds is 3. The highest BCUT2D eigenvalue weighted by molar-refractivity contribution is 6.35. The van der Waals surface area contributed by atoms with Crippen LogP contribution in [0.5, 0.6) is 0 Å². The predicted molar refractivity (Wildman–Crippen MR) is 64.8 cm³/mol. The van der Waals surface area contributed by atoms with Gasteiger partial charge in [0.1, 0.15) is 0 Å². The van der Waals surface area contributed by atoms with Crippen molar-refractivity contribution in [1.29, 1.82) is 0 Å². The second-order valence-corrected chi connectivity index (χ2v) is 4.14. The molecule has 3 nitrogen and oxygen atoms in total. The summed E-state index contributed by atoms with van der Waals surface area (Å²) in [5, 5.41) is 6.13. The number of benzene rings is 1. The van der Waals surface area contributed by atoms with Crippen LogP contribution < -0.4 is 0 Å². The maximum atomic E-state index is 11.7. The fourth-order valence-corrected chi connectivity index (χ4v) is 1.74. The van der Waals surface area contributed by atoms with Crippen LogP contribution in [0.3, 0.4) is 0 Å². The van der Waals surface area contributed by atoms with E-state index in [-0.39, 0.29) is 5.78 Å². The van der Waals surface area contributed by atoms with Crippen molar-refractivity contribution < 1.29 is 4.79 Å². The fourth-order valence-electron chi connectivity index (χ4n) is 1.74. The van der Waals surface area contributed by atoms with Crippen molar-refractivity contribution in [2.24, 2.45) is 5.10 Å². The molecule has 0 radical (unpaired) electrons. The smallest absolute Gasteiger partial charge is 0.205 e. The maximum absolute atomic E-state index is 11.7. The minimum atomic E-state index is -0.0214. The van der Waals surface area contributed by atoms with Crippen molar-refractivity contribution >= 4 is 12.0 Å². The summed E-state index contributed by atoms with van der Waals surface area (Å²) in [7, 11) is 0. The number of ketones is 1. The minimum Gasteiger partial charge on any atom is -0.297 e. The van der Waals surface area contributed by atoms with E-state index < -0.39 is 0 Å². The van der Waals surface area contributed by atoms with Crippen molar-refractivity contribution in [2.75, 3.05) is 13.1 Å². The molecule has 0 aromatic heterocycles. The number of nitrogens with zero attached hydrogens (tertiary/aromatic N) is 2. The highest BCUT2D eigenvalue weighted by Crippen LogP contribution is 2.07. The zero-order chi connectivity index (χ0) is 11.4. The zero-order valence-electron chi connectivity index (χ0n) is 9.52. The van der Waals surface area contributed by atoms with E-state index in [1.165, 1.54) is 19.1 Å². The topological polar surface area (TPSA) is 32.7 Å². The number of hydrazone groups is 1. The Labute approximate surface area is 95.8 Å². The first-order valence-corrected chi connectivity index (χ1v) is 5.65. The number of hydrogen-bond acceptors (Lipinski definition) is 3. The molecule has 1 fully saturated rings. The van der Waals surface area contributed by atoms with E-state index in [4.69, 9.17) is 0 Å². The van der Waals surface area contributed by atoms with Crippen molar-refractivity contribution in [3.05, 3.63) is 35.4 Å². The van der Waals surface area contributed by atoms with Crippen LogP contribution in [0.25, 0.3) is 0 Å². The molecule has 1 heterocycles. The summed E-state index contributed by atoms with van der Waals surface area (Å²) >= 11 is 0. The standard InChI is InChI=1S/C13H16N2O/c1-11-4-6-12(7-5-11)13(16)10-14-15-8-2-3-9-15/h4-7,10H,2-3,8-9H2,1H3/b14-10-. The summed E-state index contributed by atoms with van der Waals surface area (Å²) in [5.74, 6) is -0.0214. The van der Waals surface area contributed by atoms with Gasteiger partial charge in [-0.1, -0.05) is 29.8 Å². The van der Waals surface area contributed by atoms with Gasteiger partial charge in [-0.2, -0.15) is 5.10 Å². The summed E-state index contributed by atoms with van der Waals surface area (Å²) in [4.78, 5) is 11.7. The van der Waals surface area contributed by atoms with Crippen LogP contribution in [0.2, 0.25) is 0 Å². The van der Waals surface area contributed by atoms with Crippen LogP contribution in [0.1, 0.15) is 28.8 Å². The van der Waals surface area contributed by atoms with Crippen molar-refractivity contribution in [1.82, 2.24) is 5.01 Å². The molecule has 2 rings (SSSR count). The molecular weight excluding hydrogens is 200 g/mol. The third kappa shape index (κ3) is 2.69. The molecule has 1 aliphatic rings. The molecule has 0 spiro atoms. The second-order valence-electron chi connectivity index (χ2n) is 4.14. The Balaban J connectivity index is 1.99. The van der Waals surface area contributed by atoms with Gasteiger partial charge >= 0.3 is 0 Å². The first kappa shape index (κ1) is 10.9. The van der Waals surface area contributed by atoms with Gasteiger partial charge in [0.15, 0.2) is 0 Å². The van der Waals surface area contributed by atoms with Crippen molar-refractivity contribution in [2.45, 2.75) is 19.8 Å². The molecule has 0 unspecified atom stereocenters. The predicted octanol–water partition coefficient (Wildman–Crippen LogP) is 2.26. The lowest BCUT2D eigenvalue weighted by Crippen LogP contribution is -2.13. The quantitative estimate of drug-likeness (QED) is 0.573. The number of hydrogen-bond donors (Lipinski definition) is 0. The summed E-state index contributed by atoms with van der Waals surface area (Å²) in [6, 6.07) is 7.56. The van der Waals surface area contributed by atoms with Gasteiger partial charge in [-0.3, -0.25) is 9.80 Å². The van der Waals surface area contributed by atoms with Crippen LogP contribution in [0, 0.1) is 6.92 Å². The Morgan fingerprint density at radius 1 is 1.25 bits per heavy atom. The van der Waals surface area contributed by atoms with E-state index >= 15 is 0 Å². The zero-order valence-corrected chi connectivity index (χ0v) is 9.52. The molecule has 84 valence electrons. The Morgan fingerprint density at radius 3 is 2.50 bits per heavy atom. The molecule has 1 aliphatic heterocycles. The second kappa shape index (κ2) is 4.92. The van der Waals surface area contributed by atoms with Crippen molar-refractivity contribution in [3.63, 3.8) is 0 Å². The summed E-state index contributed by atoms with van der Waals surface area (Å²) < 4.78 is 0. The molecule has 0 bridgehead atoms. The third-order valence-electron chi connectivity index (χ3n) is 2.76. The lowest BCUT2D eigenvalue weighted by atomic mass is 10.1. The molecule has 0 aliphatic carbocycles. The lowest BCUT2D eigenvalue weighted by molar-refractivity contribution is 0.106. The highest BCUT2D eigenvalue weighted by Gasteiger charge is 2.08. The highest BCUT2D eigenvalue weighted by atomic mass is 16.1. The van der Waals surface area contributed by atoms with Crippen LogP contribution >= 0.6 is 0 Å². The molecular formula is C13H16N2O.